The minimum Gasteiger partial charge on any atom is -0.508 e. The van der Waals surface area contributed by atoms with Crippen LogP contribution in [0, 0.1) is 0 Å². The largest absolute Gasteiger partial charge is 0.508 e. The molecule has 0 radical (unpaired) electrons. The topological polar surface area (TPSA) is 94.6 Å². The molecule has 6 heteroatoms. The monoisotopic (exact) mass is 338 g/mol. The Labute approximate surface area is 144 Å². The first kappa shape index (κ1) is 15.5. The summed E-state index contributed by atoms with van der Waals surface area (Å²) in [5, 5.41) is 24.0. The number of benzene rings is 2. The zero-order valence-corrected chi connectivity index (χ0v) is 13.6. The van der Waals surface area contributed by atoms with Crippen molar-refractivity contribution in [1.82, 2.24) is 10.3 Å². The van der Waals surface area contributed by atoms with Crippen molar-refractivity contribution < 1.29 is 19.7 Å². The maximum atomic E-state index is 11.6. The van der Waals surface area contributed by atoms with Crippen LogP contribution in [0.4, 0.5) is 0 Å². The van der Waals surface area contributed by atoms with Crippen molar-refractivity contribution >= 4 is 16.9 Å². The molecule has 2 atom stereocenters. The van der Waals surface area contributed by atoms with Gasteiger partial charge in [-0.05, 0) is 29.8 Å². The number of methoxy groups -OCH3 is 1. The number of aliphatic carboxylic acids is 1. The lowest BCUT2D eigenvalue weighted by Crippen LogP contribution is -2.45. The molecule has 0 amide bonds. The van der Waals surface area contributed by atoms with Gasteiger partial charge in [0.15, 0.2) is 0 Å². The number of phenolic OH excluding ortho intramolecular Hbond substituents is 1. The van der Waals surface area contributed by atoms with Gasteiger partial charge in [-0.3, -0.25) is 10.1 Å². The van der Waals surface area contributed by atoms with Gasteiger partial charge in [-0.2, -0.15) is 0 Å². The number of hydrogen-bond donors (Lipinski definition) is 4. The zero-order chi connectivity index (χ0) is 17.6. The third-order valence-corrected chi connectivity index (χ3v) is 4.76. The molecule has 2 aromatic carbocycles. The SMILES string of the molecule is COc1ccc(O)c([C@@H]2N[C@@H](C(=O)O)Cc3c2[nH]c2ccccc32)c1. The summed E-state index contributed by atoms with van der Waals surface area (Å²) < 4.78 is 5.26. The van der Waals surface area contributed by atoms with Gasteiger partial charge in [-0.25, -0.2) is 0 Å². The Bertz CT molecular complexity index is 963. The van der Waals surface area contributed by atoms with Crippen molar-refractivity contribution in [2.45, 2.75) is 18.5 Å². The molecule has 0 bridgehead atoms. The molecular weight excluding hydrogens is 320 g/mol. The molecule has 1 aliphatic heterocycles. The summed E-state index contributed by atoms with van der Waals surface area (Å²) in [5.41, 5.74) is 3.38. The molecule has 0 saturated carbocycles. The van der Waals surface area contributed by atoms with Crippen molar-refractivity contribution in [2.75, 3.05) is 7.11 Å². The number of ether oxygens (including phenoxy) is 1. The molecule has 1 aromatic heterocycles. The van der Waals surface area contributed by atoms with E-state index in [0.29, 0.717) is 17.7 Å². The van der Waals surface area contributed by atoms with E-state index in [9.17, 15) is 15.0 Å². The molecule has 2 heterocycles. The normalized spacial score (nSPS) is 19.6. The summed E-state index contributed by atoms with van der Waals surface area (Å²) in [4.78, 5) is 15.0. The highest BCUT2D eigenvalue weighted by molar-refractivity contribution is 5.87. The Hall–Kier alpha value is -2.99. The molecule has 1 aliphatic rings. The van der Waals surface area contributed by atoms with Gasteiger partial charge < -0.3 is 19.9 Å². The number of aromatic hydroxyl groups is 1. The number of nitrogens with one attached hydrogen (secondary N) is 2. The van der Waals surface area contributed by atoms with Crippen LogP contribution >= 0.6 is 0 Å². The van der Waals surface area contributed by atoms with Crippen LogP contribution in [0.3, 0.4) is 0 Å². The lowest BCUT2D eigenvalue weighted by molar-refractivity contribution is -0.139. The molecule has 0 unspecified atom stereocenters. The van der Waals surface area contributed by atoms with E-state index in [0.717, 1.165) is 22.2 Å². The average Bonchev–Trinajstić information content (AvgIpc) is 3.00. The van der Waals surface area contributed by atoms with Crippen LogP contribution in [-0.4, -0.2) is 34.3 Å². The molecule has 128 valence electrons. The van der Waals surface area contributed by atoms with Crippen molar-refractivity contribution in [3.8, 4) is 11.5 Å². The lowest BCUT2D eigenvalue weighted by Gasteiger charge is -2.30. The third-order valence-electron chi connectivity index (χ3n) is 4.76. The molecule has 3 aromatic rings. The van der Waals surface area contributed by atoms with Crippen LogP contribution in [0.15, 0.2) is 42.5 Å². The van der Waals surface area contributed by atoms with Gasteiger partial charge in [0.05, 0.1) is 13.2 Å². The van der Waals surface area contributed by atoms with Gasteiger partial charge in [0, 0.05) is 28.6 Å². The number of carboxylic acids is 1. The number of aromatic nitrogens is 1. The first-order chi connectivity index (χ1) is 12.1. The molecule has 0 aliphatic carbocycles. The molecule has 4 N–H and O–H groups in total. The summed E-state index contributed by atoms with van der Waals surface area (Å²) >= 11 is 0. The highest BCUT2D eigenvalue weighted by Crippen LogP contribution is 2.39. The number of H-pyrrole nitrogens is 1. The van der Waals surface area contributed by atoms with Crippen LogP contribution in [0.2, 0.25) is 0 Å². The van der Waals surface area contributed by atoms with Crippen molar-refractivity contribution in [3.63, 3.8) is 0 Å². The zero-order valence-electron chi connectivity index (χ0n) is 13.6. The Balaban J connectivity index is 1.92. The van der Waals surface area contributed by atoms with Crippen molar-refractivity contribution in [1.29, 1.82) is 0 Å². The third kappa shape index (κ3) is 2.51. The van der Waals surface area contributed by atoms with Gasteiger partial charge in [0.2, 0.25) is 0 Å². The Morgan fingerprint density at radius 3 is 2.80 bits per heavy atom. The summed E-state index contributed by atoms with van der Waals surface area (Å²) in [6, 6.07) is 11.6. The maximum absolute atomic E-state index is 11.6. The summed E-state index contributed by atoms with van der Waals surface area (Å²) in [6.45, 7) is 0. The molecule has 25 heavy (non-hydrogen) atoms. The highest BCUT2D eigenvalue weighted by Gasteiger charge is 2.35. The molecule has 0 fully saturated rings. The van der Waals surface area contributed by atoms with Crippen LogP contribution in [0.25, 0.3) is 10.9 Å². The second-order valence-corrected chi connectivity index (χ2v) is 6.18. The number of carboxylic acid groups (broad SMARTS) is 1. The molecular formula is C19H18N2O4. The summed E-state index contributed by atoms with van der Waals surface area (Å²) in [6.07, 6.45) is 0.385. The van der Waals surface area contributed by atoms with Gasteiger partial charge in [0.25, 0.3) is 0 Å². The first-order valence-corrected chi connectivity index (χ1v) is 8.03. The van der Waals surface area contributed by atoms with E-state index in [-0.39, 0.29) is 5.75 Å². The van der Waals surface area contributed by atoms with E-state index < -0.39 is 18.1 Å². The van der Waals surface area contributed by atoms with E-state index in [1.165, 1.54) is 0 Å². The molecule has 0 spiro atoms. The van der Waals surface area contributed by atoms with E-state index in [2.05, 4.69) is 10.3 Å². The highest BCUT2D eigenvalue weighted by atomic mass is 16.5. The van der Waals surface area contributed by atoms with Gasteiger partial charge in [-0.1, -0.05) is 18.2 Å². The standard InChI is InChI=1S/C19H18N2O4/c1-25-10-6-7-16(22)13(8-10)18-17-12(9-15(21-18)19(23)24)11-4-2-3-5-14(11)20-17/h2-8,15,18,20-22H,9H2,1H3,(H,23,24)/t15-,18+/m1/s1. The second-order valence-electron chi connectivity index (χ2n) is 6.18. The minimum absolute atomic E-state index is 0.0916. The van der Waals surface area contributed by atoms with E-state index in [1.807, 2.05) is 24.3 Å². The Morgan fingerprint density at radius 1 is 1.24 bits per heavy atom. The number of carbonyl (C=O) groups is 1. The fourth-order valence-electron chi connectivity index (χ4n) is 3.53. The molecule has 6 nitrogen and oxygen atoms in total. The Morgan fingerprint density at radius 2 is 2.04 bits per heavy atom. The summed E-state index contributed by atoms with van der Waals surface area (Å²) in [5.74, 6) is -0.220. The van der Waals surface area contributed by atoms with Gasteiger partial charge in [0.1, 0.15) is 17.5 Å². The first-order valence-electron chi connectivity index (χ1n) is 8.03. The number of aromatic amines is 1. The predicted molar refractivity (Wildman–Crippen MR) is 93.1 cm³/mol. The van der Waals surface area contributed by atoms with Crippen LogP contribution < -0.4 is 10.1 Å². The number of hydrogen-bond acceptors (Lipinski definition) is 4. The minimum atomic E-state index is -0.914. The fraction of sp³-hybridized carbons (Fsp3) is 0.211. The maximum Gasteiger partial charge on any atom is 0.321 e. The Kier molecular flexibility index (Phi) is 3.62. The van der Waals surface area contributed by atoms with Gasteiger partial charge in [-0.15, -0.1) is 0 Å². The summed E-state index contributed by atoms with van der Waals surface area (Å²) in [7, 11) is 1.55. The smallest absolute Gasteiger partial charge is 0.321 e. The number of rotatable bonds is 3. The van der Waals surface area contributed by atoms with E-state index in [4.69, 9.17) is 4.74 Å². The predicted octanol–water partition coefficient (Wildman–Crippen LogP) is 2.57. The van der Waals surface area contributed by atoms with Crippen molar-refractivity contribution in [2.24, 2.45) is 0 Å². The van der Waals surface area contributed by atoms with Crippen LogP contribution in [0.5, 0.6) is 11.5 Å². The second kappa shape index (κ2) is 5.82. The lowest BCUT2D eigenvalue weighted by atomic mass is 9.90. The number of phenols is 1. The van der Waals surface area contributed by atoms with Crippen LogP contribution in [-0.2, 0) is 11.2 Å². The average molecular weight is 338 g/mol. The van der Waals surface area contributed by atoms with E-state index >= 15 is 0 Å². The number of fused-ring (bicyclic) bond motifs is 3. The number of para-hydroxylation sites is 1. The fourth-order valence-corrected chi connectivity index (χ4v) is 3.53. The molecule has 0 saturated heterocycles. The van der Waals surface area contributed by atoms with E-state index in [1.54, 1.807) is 25.3 Å². The molecule has 4 rings (SSSR count). The quantitative estimate of drug-likeness (QED) is 0.589. The van der Waals surface area contributed by atoms with Crippen molar-refractivity contribution in [3.05, 3.63) is 59.3 Å². The van der Waals surface area contributed by atoms with Crippen LogP contribution in [0.1, 0.15) is 22.9 Å². The van der Waals surface area contributed by atoms with Gasteiger partial charge >= 0.3 is 5.97 Å².